The number of carbonyl (C=O) groups is 2. The van der Waals surface area contributed by atoms with Crippen molar-refractivity contribution in [2.45, 2.75) is 64.0 Å². The number of likely N-dealkylation sites (tertiary alicyclic amines) is 1. The van der Waals surface area contributed by atoms with Gasteiger partial charge in [-0.15, -0.1) is 0 Å². The molecule has 0 bridgehead atoms. The molecular formula is C33H42N8O3. The van der Waals surface area contributed by atoms with Crippen molar-refractivity contribution in [1.82, 2.24) is 29.7 Å². The molecule has 1 atom stereocenters. The van der Waals surface area contributed by atoms with Gasteiger partial charge in [-0.1, -0.05) is 6.42 Å². The first-order valence-electron chi connectivity index (χ1n) is 16.1. The van der Waals surface area contributed by atoms with Gasteiger partial charge in [0.2, 0.25) is 17.7 Å². The summed E-state index contributed by atoms with van der Waals surface area (Å²) in [7, 11) is 0. The van der Waals surface area contributed by atoms with E-state index in [-0.39, 0.29) is 29.8 Å². The molecule has 1 aliphatic carbocycles. The van der Waals surface area contributed by atoms with Crippen molar-refractivity contribution in [2.24, 2.45) is 5.92 Å². The molecule has 3 aliphatic rings. The number of fused-ring (bicyclic) bond motifs is 1. The molecule has 0 radical (unpaired) electrons. The highest BCUT2D eigenvalue weighted by atomic mass is 16.5. The maximum atomic E-state index is 13.4. The van der Waals surface area contributed by atoms with Gasteiger partial charge in [0.25, 0.3) is 5.91 Å². The molecule has 4 heterocycles. The van der Waals surface area contributed by atoms with E-state index in [9.17, 15) is 9.59 Å². The molecule has 0 spiro atoms. The lowest BCUT2D eigenvalue weighted by atomic mass is 9.84. The van der Waals surface area contributed by atoms with Gasteiger partial charge in [0, 0.05) is 55.8 Å². The van der Waals surface area contributed by atoms with Crippen LogP contribution in [0.2, 0.25) is 0 Å². The van der Waals surface area contributed by atoms with E-state index in [0.29, 0.717) is 35.1 Å². The topological polar surface area (TPSA) is 128 Å². The van der Waals surface area contributed by atoms with E-state index >= 15 is 0 Å². The number of hydrogen-bond acceptors (Lipinski definition) is 8. The third-order valence-corrected chi connectivity index (χ3v) is 9.35. The summed E-state index contributed by atoms with van der Waals surface area (Å²) in [4.78, 5) is 40.5. The first-order valence-corrected chi connectivity index (χ1v) is 16.1. The fourth-order valence-electron chi connectivity index (χ4n) is 6.83. The number of nitriles is 1. The van der Waals surface area contributed by atoms with Gasteiger partial charge in [0.05, 0.1) is 23.3 Å². The van der Waals surface area contributed by atoms with Gasteiger partial charge in [-0.05, 0) is 82.8 Å². The van der Waals surface area contributed by atoms with Gasteiger partial charge in [-0.2, -0.15) is 5.26 Å². The number of nitrogens with zero attached hydrogens (tertiary/aromatic N) is 6. The number of anilines is 1. The molecule has 2 amide bonds. The number of piperidine rings is 1. The lowest BCUT2D eigenvalue weighted by Crippen LogP contribution is -2.54. The van der Waals surface area contributed by atoms with Gasteiger partial charge in [0.1, 0.15) is 12.1 Å². The predicted octanol–water partition coefficient (Wildman–Crippen LogP) is 3.97. The standard InChI is InChI=1S/C33H42N8O3/c1-23-21-35-13-16-40(23)32(43)26-9-11-27(12-10-26)41-29-19-30(44-18-17-39-14-3-2-4-15-39)36-22-28(29)37-33(41)38-31(42)25-7-5-24(20-34)6-8-25/h5-8,19,22-23,26-27,35H,2-4,9-18,21H2,1H3,(H,37,38,42)/t23-,26?,27?/m1/s1. The van der Waals surface area contributed by atoms with Crippen LogP contribution in [0.5, 0.6) is 5.88 Å². The SMILES string of the molecule is C[C@@H]1CNCCN1C(=O)C1CCC(n2c(NC(=O)c3ccc(C#N)cc3)nc3cnc(OCCN4CCCCC4)cc32)CC1. The Morgan fingerprint density at radius 3 is 2.59 bits per heavy atom. The summed E-state index contributed by atoms with van der Waals surface area (Å²) in [6.07, 6.45) is 8.66. The number of imidazole rings is 1. The molecule has 3 aromatic rings. The zero-order valence-corrected chi connectivity index (χ0v) is 25.5. The summed E-state index contributed by atoms with van der Waals surface area (Å²) < 4.78 is 8.20. The number of ether oxygens (including phenoxy) is 1. The molecule has 2 saturated heterocycles. The molecule has 11 heteroatoms. The Kier molecular flexibility index (Phi) is 9.38. The van der Waals surface area contributed by atoms with Gasteiger partial charge >= 0.3 is 0 Å². The van der Waals surface area contributed by atoms with E-state index < -0.39 is 0 Å². The second kappa shape index (κ2) is 13.7. The molecule has 0 unspecified atom stereocenters. The molecule has 232 valence electrons. The summed E-state index contributed by atoms with van der Waals surface area (Å²) in [6, 6.07) is 10.8. The zero-order chi connectivity index (χ0) is 30.5. The van der Waals surface area contributed by atoms with Crippen LogP contribution >= 0.6 is 0 Å². The number of amides is 2. The Labute approximate surface area is 258 Å². The summed E-state index contributed by atoms with van der Waals surface area (Å²) in [5, 5.41) is 15.5. The van der Waals surface area contributed by atoms with Crippen LogP contribution < -0.4 is 15.4 Å². The maximum Gasteiger partial charge on any atom is 0.257 e. The van der Waals surface area contributed by atoms with Crippen molar-refractivity contribution < 1.29 is 14.3 Å². The molecule has 2 aromatic heterocycles. The maximum absolute atomic E-state index is 13.4. The molecule has 3 fully saturated rings. The highest BCUT2D eigenvalue weighted by Crippen LogP contribution is 2.38. The molecule has 1 aromatic carbocycles. The quantitative estimate of drug-likeness (QED) is 0.399. The van der Waals surface area contributed by atoms with Crippen LogP contribution in [0.3, 0.4) is 0 Å². The van der Waals surface area contributed by atoms with Gasteiger partial charge in [-0.3, -0.25) is 19.8 Å². The van der Waals surface area contributed by atoms with Crippen LogP contribution in [0.4, 0.5) is 5.95 Å². The number of carbonyl (C=O) groups excluding carboxylic acids is 2. The van der Waals surface area contributed by atoms with E-state index in [1.165, 1.54) is 19.3 Å². The largest absolute Gasteiger partial charge is 0.476 e. The van der Waals surface area contributed by atoms with Crippen molar-refractivity contribution in [1.29, 1.82) is 5.26 Å². The fraction of sp³-hybridized carbons (Fsp3) is 0.545. The van der Waals surface area contributed by atoms with E-state index in [2.05, 4.69) is 38.1 Å². The normalized spacial score (nSPS) is 22.8. The number of piperazine rings is 1. The third kappa shape index (κ3) is 6.71. The summed E-state index contributed by atoms with van der Waals surface area (Å²) in [5.41, 5.74) is 2.47. The Morgan fingerprint density at radius 2 is 1.86 bits per heavy atom. The van der Waals surface area contributed by atoms with Crippen LogP contribution in [0.1, 0.15) is 73.8 Å². The predicted molar refractivity (Wildman–Crippen MR) is 167 cm³/mol. The highest BCUT2D eigenvalue weighted by Gasteiger charge is 2.34. The van der Waals surface area contributed by atoms with E-state index in [1.54, 1.807) is 30.5 Å². The van der Waals surface area contributed by atoms with Gasteiger partial charge < -0.3 is 19.5 Å². The Bertz CT molecular complexity index is 1500. The lowest BCUT2D eigenvalue weighted by molar-refractivity contribution is -0.139. The van der Waals surface area contributed by atoms with Crippen LogP contribution in [-0.4, -0.2) is 88.1 Å². The molecule has 44 heavy (non-hydrogen) atoms. The minimum Gasteiger partial charge on any atom is -0.476 e. The Balaban J connectivity index is 1.22. The van der Waals surface area contributed by atoms with E-state index in [0.717, 1.165) is 70.5 Å². The van der Waals surface area contributed by atoms with Crippen LogP contribution in [0.15, 0.2) is 36.5 Å². The number of benzene rings is 1. The Hall–Kier alpha value is -4.01. The molecule has 11 nitrogen and oxygen atoms in total. The molecule has 6 rings (SSSR count). The van der Waals surface area contributed by atoms with Crippen molar-refractivity contribution in [3.63, 3.8) is 0 Å². The molecule has 2 N–H and O–H groups in total. The second-order valence-electron chi connectivity index (χ2n) is 12.3. The van der Waals surface area contributed by atoms with Crippen molar-refractivity contribution in [3.8, 4) is 11.9 Å². The fourth-order valence-corrected chi connectivity index (χ4v) is 6.83. The van der Waals surface area contributed by atoms with Crippen molar-refractivity contribution in [2.75, 3.05) is 51.2 Å². The minimum atomic E-state index is -0.298. The second-order valence-corrected chi connectivity index (χ2v) is 12.3. The summed E-state index contributed by atoms with van der Waals surface area (Å²) >= 11 is 0. The third-order valence-electron chi connectivity index (χ3n) is 9.35. The van der Waals surface area contributed by atoms with Crippen LogP contribution in [0, 0.1) is 17.2 Å². The first kappa shape index (κ1) is 30.0. The lowest BCUT2D eigenvalue weighted by Gasteiger charge is -2.38. The molecule has 1 saturated carbocycles. The van der Waals surface area contributed by atoms with Crippen LogP contribution in [-0.2, 0) is 4.79 Å². The number of nitrogens with one attached hydrogen (secondary N) is 2. The van der Waals surface area contributed by atoms with Crippen LogP contribution in [0.25, 0.3) is 11.0 Å². The van der Waals surface area contributed by atoms with Crippen molar-refractivity contribution in [3.05, 3.63) is 47.7 Å². The molecule has 2 aliphatic heterocycles. The number of hydrogen-bond donors (Lipinski definition) is 2. The average Bonchev–Trinajstić information content (AvgIpc) is 3.42. The highest BCUT2D eigenvalue weighted by molar-refractivity contribution is 6.04. The number of rotatable bonds is 8. The van der Waals surface area contributed by atoms with Gasteiger partial charge in [-0.25, -0.2) is 9.97 Å². The first-order chi connectivity index (χ1) is 21.5. The van der Waals surface area contributed by atoms with E-state index in [4.69, 9.17) is 15.0 Å². The number of aromatic nitrogens is 3. The Morgan fingerprint density at radius 1 is 1.09 bits per heavy atom. The summed E-state index contributed by atoms with van der Waals surface area (Å²) in [5.74, 6) is 0.961. The van der Waals surface area contributed by atoms with Crippen molar-refractivity contribution >= 4 is 28.8 Å². The van der Waals surface area contributed by atoms with Gasteiger partial charge in [0.15, 0.2) is 0 Å². The average molecular weight is 599 g/mol. The minimum absolute atomic E-state index is 0.00799. The zero-order valence-electron chi connectivity index (χ0n) is 25.5. The smallest absolute Gasteiger partial charge is 0.257 e. The summed E-state index contributed by atoms with van der Waals surface area (Å²) in [6.45, 7) is 8.20. The monoisotopic (exact) mass is 598 g/mol. The number of pyridine rings is 1. The molecular weight excluding hydrogens is 556 g/mol. The van der Waals surface area contributed by atoms with E-state index in [1.807, 2.05) is 11.0 Å².